The van der Waals surface area contributed by atoms with E-state index in [0.717, 1.165) is 13.0 Å². The van der Waals surface area contributed by atoms with E-state index >= 15 is 0 Å². The molecule has 0 heterocycles. The molecule has 0 radical (unpaired) electrons. The molecule has 0 N–H and O–H groups in total. The molecular formula is C14H23KO. The Morgan fingerprint density at radius 3 is 2.06 bits per heavy atom. The minimum absolute atomic E-state index is 0. The summed E-state index contributed by atoms with van der Waals surface area (Å²) in [6.07, 6.45) is 1.38. The maximum Gasteiger partial charge on any atom is 1.00 e. The van der Waals surface area contributed by atoms with Crippen LogP contribution in [-0.2, 0) is 11.2 Å². The second-order valence-corrected chi connectivity index (χ2v) is 4.65. The van der Waals surface area contributed by atoms with E-state index in [9.17, 15) is 0 Å². The van der Waals surface area contributed by atoms with Crippen LogP contribution in [0.1, 0.15) is 41.7 Å². The smallest absolute Gasteiger partial charge is 0.379 e. The molecule has 0 amide bonds. The van der Waals surface area contributed by atoms with E-state index in [1.54, 1.807) is 0 Å². The van der Waals surface area contributed by atoms with Gasteiger partial charge in [-0.3, -0.25) is 0 Å². The average molecular weight is 246 g/mol. The predicted octanol–water partition coefficient (Wildman–Crippen LogP) is 0.611. The fraction of sp³-hybridized carbons (Fsp3) is 0.643. The van der Waals surface area contributed by atoms with Gasteiger partial charge in [0.1, 0.15) is 0 Å². The molecule has 0 aliphatic rings. The van der Waals surface area contributed by atoms with Gasteiger partial charge in [-0.05, 0) is 20.3 Å². The molecule has 0 aliphatic heterocycles. The fourth-order valence-electron chi connectivity index (χ4n) is 2.07. The summed E-state index contributed by atoms with van der Waals surface area (Å²) in [6, 6.07) is 0. The third-order valence-electron chi connectivity index (χ3n) is 3.40. The van der Waals surface area contributed by atoms with Crippen molar-refractivity contribution in [2.75, 3.05) is 6.61 Å². The van der Waals surface area contributed by atoms with Crippen molar-refractivity contribution in [1.29, 1.82) is 0 Å². The van der Waals surface area contributed by atoms with Gasteiger partial charge >= 0.3 is 51.4 Å². The minimum Gasteiger partial charge on any atom is -0.379 e. The molecule has 0 aromatic heterocycles. The maximum atomic E-state index is 5.60. The van der Waals surface area contributed by atoms with Crippen LogP contribution in [0.25, 0.3) is 0 Å². The predicted molar refractivity (Wildman–Crippen MR) is 65.8 cm³/mol. The molecule has 0 saturated carbocycles. The molecule has 1 aromatic carbocycles. The van der Waals surface area contributed by atoms with E-state index in [0.29, 0.717) is 6.10 Å². The van der Waals surface area contributed by atoms with E-state index in [2.05, 4.69) is 41.5 Å². The van der Waals surface area contributed by atoms with E-state index in [4.69, 9.17) is 4.74 Å². The number of ether oxygens (including phenoxy) is 1. The van der Waals surface area contributed by atoms with Gasteiger partial charge in [-0.2, -0.15) is 27.8 Å². The zero-order valence-electron chi connectivity index (χ0n) is 11.9. The van der Waals surface area contributed by atoms with Gasteiger partial charge in [0.2, 0.25) is 0 Å². The summed E-state index contributed by atoms with van der Waals surface area (Å²) in [5, 5.41) is 0. The summed E-state index contributed by atoms with van der Waals surface area (Å²) in [5.74, 6) is 0. The van der Waals surface area contributed by atoms with Crippen molar-refractivity contribution < 1.29 is 56.1 Å². The molecule has 0 atom stereocenters. The van der Waals surface area contributed by atoms with E-state index in [1.165, 1.54) is 27.8 Å². The SMILES string of the molecule is Cc1c(C)c(CCOC(C)C)[c-](C)c1C.[K+]. The Bertz CT molecular complexity index is 311. The number of hydrogen-bond acceptors (Lipinski definition) is 1. The standard InChI is InChI=1S/C14H23O.K/c1-9(2)15-8-7-14-12(5)10(3)11(4)13(14)6;/h9H,7-8H2,1-6H3;/q-1;+1. The van der Waals surface area contributed by atoms with Crippen LogP contribution in [0.15, 0.2) is 0 Å². The van der Waals surface area contributed by atoms with Gasteiger partial charge in [0.05, 0.1) is 6.10 Å². The Balaban J connectivity index is 0.00000225. The Morgan fingerprint density at radius 1 is 1.12 bits per heavy atom. The first-order valence-corrected chi connectivity index (χ1v) is 5.78. The first-order valence-electron chi connectivity index (χ1n) is 5.78. The first kappa shape index (κ1) is 16.9. The van der Waals surface area contributed by atoms with E-state index < -0.39 is 0 Å². The summed E-state index contributed by atoms with van der Waals surface area (Å²) < 4.78 is 5.60. The maximum absolute atomic E-state index is 5.60. The zero-order valence-corrected chi connectivity index (χ0v) is 15.0. The van der Waals surface area contributed by atoms with Crippen LogP contribution in [0.2, 0.25) is 0 Å². The topological polar surface area (TPSA) is 9.23 Å². The van der Waals surface area contributed by atoms with Gasteiger partial charge in [-0.1, -0.05) is 27.7 Å². The van der Waals surface area contributed by atoms with Gasteiger partial charge in [-0.15, -0.1) is 0 Å². The monoisotopic (exact) mass is 246 g/mol. The molecule has 0 aliphatic carbocycles. The van der Waals surface area contributed by atoms with Crippen molar-refractivity contribution in [2.24, 2.45) is 0 Å². The van der Waals surface area contributed by atoms with Crippen LogP contribution in [0.4, 0.5) is 0 Å². The second-order valence-electron chi connectivity index (χ2n) is 4.65. The molecule has 2 heteroatoms. The van der Waals surface area contributed by atoms with Gasteiger partial charge in [-0.25, -0.2) is 0 Å². The van der Waals surface area contributed by atoms with Gasteiger partial charge in [0.25, 0.3) is 0 Å². The van der Waals surface area contributed by atoms with Gasteiger partial charge < -0.3 is 4.74 Å². The summed E-state index contributed by atoms with van der Waals surface area (Å²) in [7, 11) is 0. The van der Waals surface area contributed by atoms with E-state index in [1.807, 2.05) is 0 Å². The molecule has 0 unspecified atom stereocenters. The summed E-state index contributed by atoms with van der Waals surface area (Å²) in [5.41, 5.74) is 7.31. The molecule has 0 spiro atoms. The van der Waals surface area contributed by atoms with Crippen molar-refractivity contribution in [3.63, 3.8) is 0 Å². The van der Waals surface area contributed by atoms with Crippen LogP contribution in [-0.4, -0.2) is 12.7 Å². The molecule has 16 heavy (non-hydrogen) atoms. The molecule has 0 saturated heterocycles. The molecule has 1 nitrogen and oxygen atoms in total. The van der Waals surface area contributed by atoms with Crippen molar-refractivity contribution in [1.82, 2.24) is 0 Å². The van der Waals surface area contributed by atoms with Gasteiger partial charge in [0, 0.05) is 6.61 Å². The molecule has 0 fully saturated rings. The van der Waals surface area contributed by atoms with Crippen molar-refractivity contribution >= 4 is 0 Å². The van der Waals surface area contributed by atoms with Crippen LogP contribution in [0.3, 0.4) is 0 Å². The zero-order chi connectivity index (χ0) is 11.6. The van der Waals surface area contributed by atoms with Crippen molar-refractivity contribution in [2.45, 2.75) is 54.1 Å². The number of hydrogen-bond donors (Lipinski definition) is 0. The second kappa shape index (κ2) is 7.40. The van der Waals surface area contributed by atoms with E-state index in [-0.39, 0.29) is 51.4 Å². The molecule has 1 aromatic rings. The summed E-state index contributed by atoms with van der Waals surface area (Å²) in [6.45, 7) is 13.9. The Labute approximate surface area is 143 Å². The summed E-state index contributed by atoms with van der Waals surface area (Å²) >= 11 is 0. The Kier molecular flexibility index (Phi) is 7.83. The van der Waals surface area contributed by atoms with Crippen LogP contribution in [0, 0.1) is 27.7 Å². The van der Waals surface area contributed by atoms with Gasteiger partial charge in [0.15, 0.2) is 0 Å². The molecular weight excluding hydrogens is 223 g/mol. The quantitative estimate of drug-likeness (QED) is 0.559. The fourth-order valence-corrected chi connectivity index (χ4v) is 2.07. The van der Waals surface area contributed by atoms with Crippen LogP contribution in [0.5, 0.6) is 0 Å². The Morgan fingerprint density at radius 2 is 1.69 bits per heavy atom. The normalized spacial score (nSPS) is 10.7. The first-order chi connectivity index (χ1) is 6.95. The minimum atomic E-state index is 0. The third kappa shape index (κ3) is 4.00. The largest absolute Gasteiger partial charge is 1.00 e. The van der Waals surface area contributed by atoms with Crippen LogP contribution < -0.4 is 51.4 Å². The number of rotatable bonds is 4. The van der Waals surface area contributed by atoms with Crippen molar-refractivity contribution in [3.05, 3.63) is 27.8 Å². The third-order valence-corrected chi connectivity index (χ3v) is 3.40. The summed E-state index contributed by atoms with van der Waals surface area (Å²) in [4.78, 5) is 0. The Hall–Kier alpha value is 0.946. The average Bonchev–Trinajstić information content (AvgIpc) is 2.34. The molecule has 1 rings (SSSR count). The molecule has 0 bridgehead atoms. The van der Waals surface area contributed by atoms with Crippen molar-refractivity contribution in [3.8, 4) is 0 Å². The molecule has 86 valence electrons. The van der Waals surface area contributed by atoms with Crippen LogP contribution >= 0.6 is 0 Å².